The first-order chi connectivity index (χ1) is 7.95. The highest BCUT2D eigenvalue weighted by Gasteiger charge is 2.16. The third-order valence-corrected chi connectivity index (χ3v) is 3.06. The first kappa shape index (κ1) is 14.0. The summed E-state index contributed by atoms with van der Waals surface area (Å²) >= 11 is 9.06. The number of carbonyl (C=O) groups is 2. The molecule has 92 valence electrons. The van der Waals surface area contributed by atoms with Crippen molar-refractivity contribution in [2.75, 3.05) is 20.6 Å². The first-order valence-corrected chi connectivity index (χ1v) is 6.04. The molecule has 0 aliphatic carbocycles. The van der Waals surface area contributed by atoms with Gasteiger partial charge in [-0.1, -0.05) is 11.6 Å². The molecule has 4 nitrogen and oxygen atoms in total. The number of amides is 2. The Morgan fingerprint density at radius 3 is 2.65 bits per heavy atom. The van der Waals surface area contributed by atoms with Crippen LogP contribution in [0.5, 0.6) is 0 Å². The molecule has 0 aliphatic rings. The monoisotopic (exact) mass is 318 g/mol. The van der Waals surface area contributed by atoms with E-state index < -0.39 is 0 Å². The van der Waals surface area contributed by atoms with Gasteiger partial charge in [0.15, 0.2) is 0 Å². The normalized spacial score (nSPS) is 9.88. The van der Waals surface area contributed by atoms with Crippen LogP contribution >= 0.6 is 27.5 Å². The maximum absolute atomic E-state index is 12.0. The van der Waals surface area contributed by atoms with Crippen LogP contribution in [0.15, 0.2) is 22.7 Å². The fraction of sp³-hybridized carbons (Fsp3) is 0.273. The summed E-state index contributed by atoms with van der Waals surface area (Å²) in [5.74, 6) is -0.455. The summed E-state index contributed by atoms with van der Waals surface area (Å²) in [7, 11) is 3.09. The molecule has 0 fully saturated rings. The Hall–Kier alpha value is -1.07. The number of hydrogen-bond acceptors (Lipinski definition) is 2. The molecular formula is C11H12BrClN2O2. The Kier molecular flexibility index (Phi) is 4.96. The molecule has 0 unspecified atom stereocenters. The van der Waals surface area contributed by atoms with Crippen molar-refractivity contribution < 1.29 is 9.59 Å². The molecule has 0 aromatic heterocycles. The number of nitrogens with one attached hydrogen (secondary N) is 1. The molecule has 1 N–H and O–H groups in total. The molecule has 6 heteroatoms. The summed E-state index contributed by atoms with van der Waals surface area (Å²) in [4.78, 5) is 24.5. The van der Waals surface area contributed by atoms with Gasteiger partial charge in [-0.05, 0) is 34.1 Å². The molecule has 17 heavy (non-hydrogen) atoms. The van der Waals surface area contributed by atoms with Crippen LogP contribution in [-0.4, -0.2) is 37.4 Å². The number of carbonyl (C=O) groups excluding carboxylic acids is 2. The van der Waals surface area contributed by atoms with Gasteiger partial charge in [0.05, 0.1) is 12.1 Å². The minimum atomic E-state index is -0.239. The van der Waals surface area contributed by atoms with E-state index in [1.165, 1.54) is 11.9 Å². The predicted molar refractivity (Wildman–Crippen MR) is 70.2 cm³/mol. The standard InChI is InChI=1S/C11H12BrClN2O2/c1-14-10(16)6-15(2)11(17)8-4-3-7(13)5-9(8)12/h3-5H,6H2,1-2H3,(H,14,16). The molecule has 1 aromatic rings. The van der Waals surface area contributed by atoms with Crippen LogP contribution in [0.25, 0.3) is 0 Å². The van der Waals surface area contributed by atoms with Crippen LogP contribution in [-0.2, 0) is 4.79 Å². The zero-order valence-electron chi connectivity index (χ0n) is 9.46. The summed E-state index contributed by atoms with van der Waals surface area (Å²) in [6.07, 6.45) is 0. The molecule has 0 bridgehead atoms. The highest BCUT2D eigenvalue weighted by Crippen LogP contribution is 2.22. The molecule has 0 atom stereocenters. The topological polar surface area (TPSA) is 49.4 Å². The molecule has 0 saturated heterocycles. The first-order valence-electron chi connectivity index (χ1n) is 4.86. The van der Waals surface area contributed by atoms with Crippen molar-refractivity contribution in [1.82, 2.24) is 10.2 Å². The van der Waals surface area contributed by atoms with Crippen molar-refractivity contribution >= 4 is 39.3 Å². The lowest BCUT2D eigenvalue weighted by molar-refractivity contribution is -0.121. The van der Waals surface area contributed by atoms with Crippen LogP contribution in [0.4, 0.5) is 0 Å². The predicted octanol–water partition coefficient (Wildman–Crippen LogP) is 1.92. The average molecular weight is 320 g/mol. The second-order valence-electron chi connectivity index (χ2n) is 3.46. The number of benzene rings is 1. The van der Waals surface area contributed by atoms with E-state index in [9.17, 15) is 9.59 Å². The van der Waals surface area contributed by atoms with Gasteiger partial charge in [-0.25, -0.2) is 0 Å². The minimum absolute atomic E-state index is 0.0183. The van der Waals surface area contributed by atoms with E-state index in [-0.39, 0.29) is 18.4 Å². The van der Waals surface area contributed by atoms with Gasteiger partial charge in [-0.15, -0.1) is 0 Å². The molecule has 1 aromatic carbocycles. The quantitative estimate of drug-likeness (QED) is 0.925. The lowest BCUT2D eigenvalue weighted by Crippen LogP contribution is -2.37. The van der Waals surface area contributed by atoms with Gasteiger partial charge in [0.1, 0.15) is 0 Å². The largest absolute Gasteiger partial charge is 0.358 e. The van der Waals surface area contributed by atoms with Crippen molar-refractivity contribution in [2.45, 2.75) is 0 Å². The molecule has 0 radical (unpaired) electrons. The van der Waals surface area contributed by atoms with Crippen molar-refractivity contribution in [3.8, 4) is 0 Å². The summed E-state index contributed by atoms with van der Waals surface area (Å²) in [6, 6.07) is 4.89. The van der Waals surface area contributed by atoms with Crippen LogP contribution in [0.3, 0.4) is 0 Å². The summed E-state index contributed by atoms with van der Waals surface area (Å²) in [5.41, 5.74) is 0.473. The Morgan fingerprint density at radius 1 is 1.47 bits per heavy atom. The molecule has 2 amide bonds. The molecule has 0 heterocycles. The maximum Gasteiger partial charge on any atom is 0.255 e. The van der Waals surface area contributed by atoms with Crippen molar-refractivity contribution in [3.63, 3.8) is 0 Å². The maximum atomic E-state index is 12.0. The number of likely N-dealkylation sites (N-methyl/N-ethyl adjacent to an activating group) is 2. The van der Waals surface area contributed by atoms with E-state index in [4.69, 9.17) is 11.6 Å². The molecule has 1 rings (SSSR count). The highest BCUT2D eigenvalue weighted by atomic mass is 79.9. The van der Waals surface area contributed by atoms with Gasteiger partial charge in [0, 0.05) is 23.6 Å². The third kappa shape index (κ3) is 3.71. The minimum Gasteiger partial charge on any atom is -0.358 e. The lowest BCUT2D eigenvalue weighted by atomic mass is 10.2. The van der Waals surface area contributed by atoms with Crippen LogP contribution in [0.2, 0.25) is 5.02 Å². The Labute approximate surface area is 113 Å². The Balaban J connectivity index is 2.85. The molecule has 0 spiro atoms. The number of hydrogen-bond donors (Lipinski definition) is 1. The van der Waals surface area contributed by atoms with Gasteiger partial charge in [-0.2, -0.15) is 0 Å². The van der Waals surface area contributed by atoms with Gasteiger partial charge >= 0.3 is 0 Å². The van der Waals surface area contributed by atoms with E-state index in [0.29, 0.717) is 15.1 Å². The van der Waals surface area contributed by atoms with Crippen LogP contribution < -0.4 is 5.32 Å². The second-order valence-corrected chi connectivity index (χ2v) is 4.75. The second kappa shape index (κ2) is 6.02. The number of halogens is 2. The summed E-state index contributed by atoms with van der Waals surface area (Å²) in [6.45, 7) is 0.0183. The SMILES string of the molecule is CNC(=O)CN(C)C(=O)c1ccc(Cl)cc1Br. The van der Waals surface area contributed by atoms with Crippen LogP contribution in [0, 0.1) is 0 Å². The fourth-order valence-corrected chi connectivity index (χ4v) is 2.09. The molecule has 0 saturated carbocycles. The molecular weight excluding hydrogens is 307 g/mol. The fourth-order valence-electron chi connectivity index (χ4n) is 1.23. The Bertz CT molecular complexity index is 451. The summed E-state index contributed by atoms with van der Waals surface area (Å²) in [5, 5.41) is 3.00. The van der Waals surface area contributed by atoms with Gasteiger partial charge in [0.2, 0.25) is 5.91 Å². The number of nitrogens with zero attached hydrogens (tertiary/aromatic N) is 1. The van der Waals surface area contributed by atoms with Crippen molar-refractivity contribution in [2.24, 2.45) is 0 Å². The van der Waals surface area contributed by atoms with Crippen molar-refractivity contribution in [3.05, 3.63) is 33.3 Å². The highest BCUT2D eigenvalue weighted by molar-refractivity contribution is 9.10. The Morgan fingerprint density at radius 2 is 2.12 bits per heavy atom. The third-order valence-electron chi connectivity index (χ3n) is 2.17. The zero-order chi connectivity index (χ0) is 13.0. The van der Waals surface area contributed by atoms with E-state index in [0.717, 1.165) is 0 Å². The van der Waals surface area contributed by atoms with Gasteiger partial charge in [-0.3, -0.25) is 9.59 Å². The van der Waals surface area contributed by atoms with E-state index >= 15 is 0 Å². The van der Waals surface area contributed by atoms with E-state index in [1.807, 2.05) is 0 Å². The van der Waals surface area contributed by atoms with Gasteiger partial charge < -0.3 is 10.2 Å². The molecule has 0 aliphatic heterocycles. The zero-order valence-corrected chi connectivity index (χ0v) is 11.8. The smallest absolute Gasteiger partial charge is 0.255 e. The van der Waals surface area contributed by atoms with E-state index in [1.54, 1.807) is 25.2 Å². The lowest BCUT2D eigenvalue weighted by Gasteiger charge is -2.16. The van der Waals surface area contributed by atoms with Gasteiger partial charge in [0.25, 0.3) is 5.91 Å². The van der Waals surface area contributed by atoms with Crippen LogP contribution in [0.1, 0.15) is 10.4 Å². The number of rotatable bonds is 3. The van der Waals surface area contributed by atoms with Crippen molar-refractivity contribution in [1.29, 1.82) is 0 Å². The van der Waals surface area contributed by atoms with E-state index in [2.05, 4.69) is 21.2 Å². The summed E-state index contributed by atoms with van der Waals surface area (Å²) < 4.78 is 0.610. The average Bonchev–Trinajstić information content (AvgIpc) is 2.28.